The monoisotopic (exact) mass is 369 g/mol. The molecule has 0 bridgehead atoms. The maximum absolute atomic E-state index is 12.8. The van der Waals surface area contributed by atoms with E-state index in [0.717, 1.165) is 18.4 Å². The summed E-state index contributed by atoms with van der Waals surface area (Å²) in [7, 11) is -0.846. The van der Waals surface area contributed by atoms with E-state index >= 15 is 0 Å². The Bertz CT molecular complexity index is 737. The van der Waals surface area contributed by atoms with E-state index in [0.29, 0.717) is 22.9 Å². The molecule has 1 rings (SSSR count). The molecule has 1 N–H and O–H groups in total. The number of unbranched alkanes of at least 4 members (excludes halogenated alkanes) is 1. The lowest BCUT2D eigenvalue weighted by Crippen LogP contribution is -2.44. The highest BCUT2D eigenvalue weighted by Gasteiger charge is 2.24. The van der Waals surface area contributed by atoms with Crippen molar-refractivity contribution in [2.45, 2.75) is 39.5 Å². The first-order chi connectivity index (χ1) is 11.3. The lowest BCUT2D eigenvalue weighted by Gasteiger charge is -2.26. The third-order valence-corrected chi connectivity index (χ3v) is 4.51. The fourth-order valence-corrected chi connectivity index (χ4v) is 2.75. The highest BCUT2D eigenvalue weighted by Crippen LogP contribution is 2.26. The molecule has 0 saturated carbocycles. The molecule has 1 atom stereocenters. The number of carbonyl (C=O) groups is 1. The van der Waals surface area contributed by atoms with Crippen molar-refractivity contribution in [3.63, 3.8) is 0 Å². The zero-order valence-electron chi connectivity index (χ0n) is 14.4. The zero-order valence-corrected chi connectivity index (χ0v) is 16.0. The van der Waals surface area contributed by atoms with Gasteiger partial charge < -0.3 is 5.32 Å². The molecular weight excluding hydrogens is 346 g/mol. The summed E-state index contributed by atoms with van der Waals surface area (Å²) in [6.07, 6.45) is 1.80. The van der Waals surface area contributed by atoms with E-state index in [1.54, 1.807) is 37.9 Å². The van der Waals surface area contributed by atoms with Crippen LogP contribution in [0.1, 0.15) is 43.7 Å². The van der Waals surface area contributed by atoms with Crippen LogP contribution in [0.3, 0.4) is 0 Å². The smallest absolute Gasteiger partial charge is 0.316 e. The van der Waals surface area contributed by atoms with E-state index in [1.165, 1.54) is 0 Å². The molecule has 0 fully saturated rings. The minimum absolute atomic E-state index is 0.124. The first-order valence-corrected chi connectivity index (χ1v) is 9.20. The number of hydrogen-bond donors (Lipinski definition) is 1. The second-order valence-corrected chi connectivity index (χ2v) is 6.48. The standard InChI is InChI=1S/C16H23N3O3S2/c1-5-6-9-19(16(23)17-4)15(20)12(3)13-8-7-11(2)14(10-13)18-24(21)22/h7-8,10,12H,5-6,9H2,1-4H3,(H,17,23). The van der Waals surface area contributed by atoms with Crippen LogP contribution in [0.25, 0.3) is 0 Å². The predicted octanol–water partition coefficient (Wildman–Crippen LogP) is 2.93. The van der Waals surface area contributed by atoms with E-state index in [4.69, 9.17) is 12.2 Å². The minimum Gasteiger partial charge on any atom is -0.365 e. The third-order valence-electron chi connectivity index (χ3n) is 3.74. The van der Waals surface area contributed by atoms with Gasteiger partial charge >= 0.3 is 10.5 Å². The van der Waals surface area contributed by atoms with Crippen LogP contribution < -0.4 is 5.32 Å². The van der Waals surface area contributed by atoms with Crippen LogP contribution in [0.15, 0.2) is 22.6 Å². The van der Waals surface area contributed by atoms with Crippen LogP contribution in [-0.2, 0) is 15.3 Å². The molecule has 6 nitrogen and oxygen atoms in total. The van der Waals surface area contributed by atoms with E-state index < -0.39 is 16.4 Å². The lowest BCUT2D eigenvalue weighted by molar-refractivity contribution is -0.128. The van der Waals surface area contributed by atoms with Gasteiger partial charge in [0.15, 0.2) is 5.11 Å². The number of nitrogens with zero attached hydrogens (tertiary/aromatic N) is 2. The second kappa shape index (κ2) is 9.48. The topological polar surface area (TPSA) is 78.8 Å². The minimum atomic E-state index is -2.53. The van der Waals surface area contributed by atoms with E-state index in [9.17, 15) is 13.2 Å². The summed E-state index contributed by atoms with van der Waals surface area (Å²) < 4.78 is 25.2. The highest BCUT2D eigenvalue weighted by molar-refractivity contribution is 7.80. The predicted molar refractivity (Wildman–Crippen MR) is 98.9 cm³/mol. The number of carbonyl (C=O) groups excluding carboxylic acids is 1. The summed E-state index contributed by atoms with van der Waals surface area (Å²) >= 11 is 5.23. The van der Waals surface area contributed by atoms with Crippen molar-refractivity contribution in [3.05, 3.63) is 29.3 Å². The maximum Gasteiger partial charge on any atom is 0.316 e. The molecule has 1 aromatic rings. The Morgan fingerprint density at radius 2 is 2.08 bits per heavy atom. The van der Waals surface area contributed by atoms with E-state index in [2.05, 4.69) is 9.68 Å². The number of nitrogens with one attached hydrogen (secondary N) is 1. The molecule has 8 heteroatoms. The molecule has 1 unspecified atom stereocenters. The maximum atomic E-state index is 12.8. The van der Waals surface area contributed by atoms with Crippen molar-refractivity contribution in [2.75, 3.05) is 13.6 Å². The summed E-state index contributed by atoms with van der Waals surface area (Å²) in [5.41, 5.74) is 1.78. The summed E-state index contributed by atoms with van der Waals surface area (Å²) in [6, 6.07) is 5.21. The summed E-state index contributed by atoms with van der Waals surface area (Å²) in [6.45, 7) is 6.14. The van der Waals surface area contributed by atoms with Gasteiger partial charge in [-0.15, -0.1) is 4.36 Å². The number of aryl methyl sites for hydroxylation is 1. The molecular formula is C16H23N3O3S2. The first-order valence-electron chi connectivity index (χ1n) is 7.76. The molecule has 0 radical (unpaired) electrons. The molecule has 0 heterocycles. The Kier molecular flexibility index (Phi) is 8.00. The van der Waals surface area contributed by atoms with Gasteiger partial charge in [-0.05, 0) is 49.7 Å². The fraction of sp³-hybridized carbons (Fsp3) is 0.500. The SMILES string of the molecule is CCCCN(C(=O)C(C)c1ccc(C)c(N=S(=O)=O)c1)C(=S)NC. The van der Waals surface area contributed by atoms with Crippen LogP contribution in [0.4, 0.5) is 5.69 Å². The lowest BCUT2D eigenvalue weighted by atomic mass is 9.97. The van der Waals surface area contributed by atoms with Crippen LogP contribution in [0, 0.1) is 6.92 Å². The quantitative estimate of drug-likeness (QED) is 0.780. The van der Waals surface area contributed by atoms with Crippen molar-refractivity contribution in [1.29, 1.82) is 0 Å². The number of benzene rings is 1. The summed E-state index contributed by atoms with van der Waals surface area (Å²) in [5.74, 6) is -0.580. The molecule has 1 aromatic carbocycles. The second-order valence-electron chi connectivity index (χ2n) is 5.47. The number of thiocarbonyl (C=S) groups is 1. The fourth-order valence-electron chi connectivity index (χ4n) is 2.21. The van der Waals surface area contributed by atoms with Gasteiger partial charge in [-0.1, -0.05) is 25.5 Å². The first kappa shape index (κ1) is 20.2. The molecule has 132 valence electrons. The summed E-state index contributed by atoms with van der Waals surface area (Å²) in [4.78, 5) is 14.4. The Hall–Kier alpha value is -1.80. The van der Waals surface area contributed by atoms with Crippen molar-refractivity contribution >= 4 is 39.4 Å². The van der Waals surface area contributed by atoms with Gasteiger partial charge in [0.05, 0.1) is 11.6 Å². The zero-order chi connectivity index (χ0) is 18.3. The van der Waals surface area contributed by atoms with E-state index in [-0.39, 0.29) is 5.91 Å². The van der Waals surface area contributed by atoms with Gasteiger partial charge in [-0.25, -0.2) is 0 Å². The Morgan fingerprint density at radius 3 is 2.62 bits per heavy atom. The van der Waals surface area contributed by atoms with Crippen LogP contribution in [-0.4, -0.2) is 37.9 Å². The van der Waals surface area contributed by atoms with Gasteiger partial charge in [0, 0.05) is 13.6 Å². The molecule has 0 aliphatic rings. The number of amides is 1. The molecule has 24 heavy (non-hydrogen) atoms. The van der Waals surface area contributed by atoms with Gasteiger partial charge in [0.1, 0.15) is 0 Å². The van der Waals surface area contributed by atoms with Gasteiger partial charge in [-0.2, -0.15) is 8.42 Å². The largest absolute Gasteiger partial charge is 0.365 e. The van der Waals surface area contributed by atoms with Gasteiger partial charge in [0.2, 0.25) is 5.91 Å². The van der Waals surface area contributed by atoms with Crippen LogP contribution in [0.2, 0.25) is 0 Å². The number of rotatable bonds is 6. The molecule has 0 aliphatic heterocycles. The van der Waals surface area contributed by atoms with Gasteiger partial charge in [-0.3, -0.25) is 9.69 Å². The highest BCUT2D eigenvalue weighted by atomic mass is 32.2. The Labute approximate surface area is 150 Å². The van der Waals surface area contributed by atoms with Gasteiger partial charge in [0.25, 0.3) is 0 Å². The average molecular weight is 370 g/mol. The van der Waals surface area contributed by atoms with Crippen molar-refractivity contribution in [1.82, 2.24) is 10.2 Å². The van der Waals surface area contributed by atoms with Crippen molar-refractivity contribution in [2.24, 2.45) is 4.36 Å². The molecule has 1 amide bonds. The molecule has 0 spiro atoms. The number of hydrogen-bond acceptors (Lipinski definition) is 5. The molecule has 0 saturated heterocycles. The van der Waals surface area contributed by atoms with Crippen LogP contribution in [0.5, 0.6) is 0 Å². The third kappa shape index (κ3) is 5.38. The van der Waals surface area contributed by atoms with Crippen molar-refractivity contribution in [3.8, 4) is 0 Å². The van der Waals surface area contributed by atoms with E-state index in [1.807, 2.05) is 13.0 Å². The Balaban J connectivity index is 3.14. The summed E-state index contributed by atoms with van der Waals surface area (Å²) in [5, 5.41) is 3.23. The average Bonchev–Trinajstić information content (AvgIpc) is 2.55. The Morgan fingerprint density at radius 1 is 1.42 bits per heavy atom. The normalized spacial score (nSPS) is 11.5. The molecule has 0 aromatic heterocycles. The van der Waals surface area contributed by atoms with Crippen LogP contribution >= 0.6 is 12.2 Å². The van der Waals surface area contributed by atoms with Crippen molar-refractivity contribution < 1.29 is 13.2 Å². The molecule has 0 aliphatic carbocycles.